The molecule has 3 rings (SSSR count). The van der Waals surface area contributed by atoms with Crippen molar-refractivity contribution in [3.8, 4) is 17.1 Å². The summed E-state index contributed by atoms with van der Waals surface area (Å²) >= 11 is 0. The Labute approximate surface area is 184 Å². The molecule has 3 N–H and O–H groups in total. The third-order valence-corrected chi connectivity index (χ3v) is 4.66. The lowest BCUT2D eigenvalue weighted by atomic mass is 9.94. The Morgan fingerprint density at radius 2 is 1.81 bits per heavy atom. The number of carboxylic acid groups (broad SMARTS) is 1. The first kappa shape index (κ1) is 22.5. The molecule has 3 aromatic rings. The van der Waals surface area contributed by atoms with Crippen LogP contribution in [0.15, 0.2) is 59.5 Å². The van der Waals surface area contributed by atoms with Crippen LogP contribution in [0.1, 0.15) is 29.8 Å². The van der Waals surface area contributed by atoms with Gasteiger partial charge in [0.05, 0.1) is 24.4 Å². The van der Waals surface area contributed by atoms with Gasteiger partial charge in [0.25, 0.3) is 0 Å². The number of carbonyl (C=O) groups excluding carboxylic acids is 2. The number of methoxy groups -OCH3 is 1. The van der Waals surface area contributed by atoms with Crippen molar-refractivity contribution in [1.29, 1.82) is 0 Å². The van der Waals surface area contributed by atoms with Gasteiger partial charge in [-0.2, -0.15) is 0 Å². The molecule has 9 nitrogen and oxygen atoms in total. The molecule has 166 valence electrons. The Balaban J connectivity index is 1.63. The molecule has 0 aliphatic carbocycles. The van der Waals surface area contributed by atoms with E-state index in [1.807, 2.05) is 0 Å². The highest BCUT2D eigenvalue weighted by Crippen LogP contribution is 2.32. The molecule has 0 saturated heterocycles. The Bertz CT molecular complexity index is 1120. The van der Waals surface area contributed by atoms with E-state index in [0.29, 0.717) is 29.2 Å². The molecule has 0 bridgehead atoms. The summed E-state index contributed by atoms with van der Waals surface area (Å²) in [6.45, 7) is 3.55. The number of nitrogens with zero attached hydrogens (tertiary/aromatic N) is 1. The van der Waals surface area contributed by atoms with Crippen LogP contribution in [-0.4, -0.2) is 40.5 Å². The summed E-state index contributed by atoms with van der Waals surface area (Å²) in [5.41, 5.74) is 1.30. The maximum atomic E-state index is 12.4. The normalized spacial score (nSPS) is 11.0. The number of benzene rings is 2. The number of oxazole rings is 1. The van der Waals surface area contributed by atoms with Gasteiger partial charge in [0.15, 0.2) is 12.2 Å². The van der Waals surface area contributed by atoms with E-state index in [0.717, 1.165) is 5.56 Å². The number of amides is 2. The number of nitrogens with one attached hydrogen (secondary N) is 2. The van der Waals surface area contributed by atoms with Crippen molar-refractivity contribution in [3.05, 3.63) is 66.2 Å². The Hall–Kier alpha value is -4.14. The molecule has 9 heteroatoms. The van der Waals surface area contributed by atoms with Crippen LogP contribution >= 0.6 is 0 Å². The molecule has 1 heterocycles. The Morgan fingerprint density at radius 1 is 1.09 bits per heavy atom. The molecular weight excluding hydrogens is 414 g/mol. The van der Waals surface area contributed by atoms with Gasteiger partial charge >= 0.3 is 17.8 Å². The maximum Gasteiger partial charge on any atom is 0.335 e. The minimum Gasteiger partial charge on any atom is -0.496 e. The van der Waals surface area contributed by atoms with E-state index in [4.69, 9.17) is 14.3 Å². The molecule has 0 saturated carbocycles. The molecule has 0 aliphatic rings. The average molecular weight is 437 g/mol. The fourth-order valence-corrected chi connectivity index (χ4v) is 3.19. The molecule has 0 unspecified atom stereocenters. The third kappa shape index (κ3) is 5.51. The molecule has 0 radical (unpaired) electrons. The summed E-state index contributed by atoms with van der Waals surface area (Å²) in [5, 5.41) is 14.2. The second kappa shape index (κ2) is 9.34. The number of aromatic nitrogens is 1. The fraction of sp³-hybridized carbons (Fsp3) is 0.217. The van der Waals surface area contributed by atoms with Gasteiger partial charge < -0.3 is 24.9 Å². The lowest BCUT2D eigenvalue weighted by Gasteiger charge is -2.26. The summed E-state index contributed by atoms with van der Waals surface area (Å²) in [6, 6.07) is 11.3. The number of anilines is 1. The smallest absolute Gasteiger partial charge is 0.335 e. The zero-order valence-corrected chi connectivity index (χ0v) is 17.8. The Kier molecular flexibility index (Phi) is 6.58. The second-order valence-corrected chi connectivity index (χ2v) is 7.75. The second-order valence-electron chi connectivity index (χ2n) is 7.75. The van der Waals surface area contributed by atoms with E-state index in [1.165, 1.54) is 25.6 Å². The molecule has 0 fully saturated rings. The van der Waals surface area contributed by atoms with Gasteiger partial charge in [0.2, 0.25) is 0 Å². The minimum absolute atomic E-state index is 0.180. The van der Waals surface area contributed by atoms with Crippen molar-refractivity contribution < 1.29 is 28.6 Å². The first-order valence-corrected chi connectivity index (χ1v) is 9.71. The van der Waals surface area contributed by atoms with Crippen LogP contribution in [0.3, 0.4) is 0 Å². The molecule has 0 aliphatic heterocycles. The lowest BCUT2D eigenvalue weighted by molar-refractivity contribution is -0.137. The Morgan fingerprint density at radius 3 is 2.41 bits per heavy atom. The quantitative estimate of drug-likeness (QED) is 0.484. The first-order valence-electron chi connectivity index (χ1n) is 9.71. The van der Waals surface area contributed by atoms with Gasteiger partial charge in [-0.05, 0) is 50.1 Å². The summed E-state index contributed by atoms with van der Waals surface area (Å²) in [6.07, 6.45) is 3.25. The SMILES string of the molecule is COc1cc(NC(=O)C(=O)NC(C)(C)Cc2ccc(C(=O)O)cc2)ccc1-c1cnco1. The van der Waals surface area contributed by atoms with E-state index in [-0.39, 0.29) is 5.56 Å². The highest BCUT2D eigenvalue weighted by Gasteiger charge is 2.25. The highest BCUT2D eigenvalue weighted by molar-refractivity contribution is 6.39. The van der Waals surface area contributed by atoms with Crippen molar-refractivity contribution in [2.45, 2.75) is 25.8 Å². The predicted molar refractivity (Wildman–Crippen MR) is 116 cm³/mol. The third-order valence-electron chi connectivity index (χ3n) is 4.66. The first-order chi connectivity index (χ1) is 15.2. The van der Waals surface area contributed by atoms with Crippen molar-refractivity contribution in [3.63, 3.8) is 0 Å². The number of ether oxygens (including phenoxy) is 1. The zero-order valence-electron chi connectivity index (χ0n) is 17.8. The zero-order chi connectivity index (χ0) is 23.3. The average Bonchev–Trinajstić information content (AvgIpc) is 3.28. The van der Waals surface area contributed by atoms with Gasteiger partial charge in [-0.3, -0.25) is 9.59 Å². The molecule has 2 amide bonds. The van der Waals surface area contributed by atoms with Gasteiger partial charge in [0.1, 0.15) is 5.75 Å². The molecule has 1 aromatic heterocycles. The number of carbonyl (C=O) groups is 3. The number of hydrogen-bond donors (Lipinski definition) is 3. The molecule has 0 atom stereocenters. The van der Waals surface area contributed by atoms with Crippen molar-refractivity contribution in [1.82, 2.24) is 10.3 Å². The number of rotatable bonds is 7. The topological polar surface area (TPSA) is 131 Å². The number of carboxylic acids is 1. The van der Waals surface area contributed by atoms with Crippen LogP contribution in [0.4, 0.5) is 5.69 Å². The van der Waals surface area contributed by atoms with E-state index < -0.39 is 23.3 Å². The van der Waals surface area contributed by atoms with Crippen molar-refractivity contribution in [2.75, 3.05) is 12.4 Å². The monoisotopic (exact) mass is 437 g/mol. The predicted octanol–water partition coefficient (Wildman–Crippen LogP) is 3.12. The molecule has 32 heavy (non-hydrogen) atoms. The van der Waals surface area contributed by atoms with Gasteiger partial charge in [-0.1, -0.05) is 12.1 Å². The standard InChI is InChI=1S/C23H23N3O6/c1-23(2,11-14-4-6-15(7-5-14)22(29)30)26-21(28)20(27)25-16-8-9-17(18(10-16)31-3)19-12-24-13-32-19/h4-10,12-13H,11H2,1-3H3,(H,25,27)(H,26,28)(H,29,30). The summed E-state index contributed by atoms with van der Waals surface area (Å²) in [5.74, 6) is -1.67. The minimum atomic E-state index is -1.01. The van der Waals surface area contributed by atoms with Crippen LogP contribution in [0.25, 0.3) is 11.3 Å². The summed E-state index contributed by atoms with van der Waals surface area (Å²) in [7, 11) is 1.49. The van der Waals surface area contributed by atoms with Gasteiger partial charge in [0, 0.05) is 17.3 Å². The lowest BCUT2D eigenvalue weighted by Crippen LogP contribution is -2.49. The van der Waals surface area contributed by atoms with Gasteiger partial charge in [-0.25, -0.2) is 9.78 Å². The van der Waals surface area contributed by atoms with E-state index in [9.17, 15) is 14.4 Å². The number of hydrogen-bond acceptors (Lipinski definition) is 6. The van der Waals surface area contributed by atoms with Crippen LogP contribution < -0.4 is 15.4 Å². The summed E-state index contributed by atoms with van der Waals surface area (Å²) < 4.78 is 10.6. The fourth-order valence-electron chi connectivity index (χ4n) is 3.19. The molecule has 0 spiro atoms. The van der Waals surface area contributed by atoms with Crippen LogP contribution in [0.5, 0.6) is 5.75 Å². The summed E-state index contributed by atoms with van der Waals surface area (Å²) in [4.78, 5) is 39.7. The van der Waals surface area contributed by atoms with E-state index in [1.54, 1.807) is 50.4 Å². The van der Waals surface area contributed by atoms with Crippen LogP contribution in [0, 0.1) is 0 Å². The molecular formula is C23H23N3O6. The highest BCUT2D eigenvalue weighted by atomic mass is 16.5. The van der Waals surface area contributed by atoms with Crippen LogP contribution in [-0.2, 0) is 16.0 Å². The van der Waals surface area contributed by atoms with Crippen molar-refractivity contribution in [2.24, 2.45) is 0 Å². The largest absolute Gasteiger partial charge is 0.496 e. The number of aromatic carboxylic acids is 1. The molecule has 2 aromatic carbocycles. The van der Waals surface area contributed by atoms with Crippen LogP contribution in [0.2, 0.25) is 0 Å². The van der Waals surface area contributed by atoms with Crippen molar-refractivity contribution >= 4 is 23.5 Å². The van der Waals surface area contributed by atoms with E-state index in [2.05, 4.69) is 15.6 Å². The van der Waals surface area contributed by atoms with E-state index >= 15 is 0 Å². The maximum absolute atomic E-state index is 12.4. The van der Waals surface area contributed by atoms with Gasteiger partial charge in [-0.15, -0.1) is 0 Å².